The number of hydrogen-bond donors (Lipinski definition) is 1. The molecule has 1 N–H and O–H groups in total. The van der Waals surface area contributed by atoms with Crippen molar-refractivity contribution in [1.29, 1.82) is 0 Å². The Bertz CT molecular complexity index is 1290. The van der Waals surface area contributed by atoms with E-state index in [1.807, 2.05) is 30.3 Å². The fraction of sp³-hybridized carbons (Fsp3) is 0.136. The second kappa shape index (κ2) is 8.77. The number of nitrogens with zero attached hydrogens (tertiary/aromatic N) is 5. The second-order valence-electron chi connectivity index (χ2n) is 7.11. The molecule has 1 amide bonds. The van der Waals surface area contributed by atoms with E-state index in [-0.39, 0.29) is 5.91 Å². The number of carbonyl (C=O) groups excluding carboxylic acids is 1. The Balaban J connectivity index is 1.38. The second-order valence-corrected chi connectivity index (χ2v) is 9.31. The van der Waals surface area contributed by atoms with Crippen molar-refractivity contribution in [2.75, 3.05) is 18.4 Å². The van der Waals surface area contributed by atoms with Crippen LogP contribution in [0, 0.1) is 0 Å². The molecular weight excluding hydrogens is 523 g/mol. The smallest absolute Gasteiger partial charge is 0.256 e. The molecule has 0 radical (unpaired) electrons. The molecule has 0 spiro atoms. The molecule has 4 aromatic rings. The number of nitrogens with one attached hydrogen (secondary N) is 1. The van der Waals surface area contributed by atoms with Crippen molar-refractivity contribution in [3.63, 3.8) is 0 Å². The first kappa shape index (κ1) is 20.2. The molecule has 0 unspecified atom stereocenters. The SMILES string of the molecule is O=C(Nc1cc2cc(-c3nncs3)ccc2cn1)c1ccnc(C2=CCN(I)CC2)c1. The number of fused-ring (bicyclic) bond motifs is 1. The normalized spacial score (nSPS) is 14.4. The van der Waals surface area contributed by atoms with Gasteiger partial charge in [-0.05, 0) is 41.6 Å². The van der Waals surface area contributed by atoms with Gasteiger partial charge < -0.3 is 5.32 Å². The summed E-state index contributed by atoms with van der Waals surface area (Å²) in [4.78, 5) is 21.7. The Morgan fingerprint density at radius 1 is 1.13 bits per heavy atom. The van der Waals surface area contributed by atoms with E-state index in [0.29, 0.717) is 11.4 Å². The van der Waals surface area contributed by atoms with Gasteiger partial charge in [-0.25, -0.2) is 8.10 Å². The Morgan fingerprint density at radius 2 is 2.06 bits per heavy atom. The highest BCUT2D eigenvalue weighted by Gasteiger charge is 2.14. The predicted octanol–water partition coefficient (Wildman–Crippen LogP) is 4.84. The lowest BCUT2D eigenvalue weighted by Gasteiger charge is -2.19. The maximum atomic E-state index is 12.9. The third-order valence-corrected chi connectivity index (χ3v) is 6.70. The van der Waals surface area contributed by atoms with Gasteiger partial charge in [-0.3, -0.25) is 9.78 Å². The zero-order valence-electron chi connectivity index (χ0n) is 16.3. The quantitative estimate of drug-likeness (QED) is 0.295. The van der Waals surface area contributed by atoms with Gasteiger partial charge in [0, 0.05) is 64.9 Å². The van der Waals surface area contributed by atoms with Crippen LogP contribution < -0.4 is 5.32 Å². The van der Waals surface area contributed by atoms with Crippen LogP contribution in [0.15, 0.2) is 60.4 Å². The zero-order valence-corrected chi connectivity index (χ0v) is 19.3. The number of amides is 1. The van der Waals surface area contributed by atoms with Gasteiger partial charge in [-0.1, -0.05) is 29.5 Å². The van der Waals surface area contributed by atoms with Gasteiger partial charge in [-0.2, -0.15) is 0 Å². The third-order valence-electron chi connectivity index (χ3n) is 5.08. The zero-order chi connectivity index (χ0) is 21.2. The van der Waals surface area contributed by atoms with Crippen LogP contribution in [0.25, 0.3) is 26.9 Å². The first-order chi connectivity index (χ1) is 15.2. The van der Waals surface area contributed by atoms with Crippen molar-refractivity contribution in [1.82, 2.24) is 23.3 Å². The van der Waals surface area contributed by atoms with E-state index in [0.717, 1.165) is 46.5 Å². The summed E-state index contributed by atoms with van der Waals surface area (Å²) in [5.41, 5.74) is 5.29. The number of hydrogen-bond acceptors (Lipinski definition) is 7. The molecule has 31 heavy (non-hydrogen) atoms. The van der Waals surface area contributed by atoms with Crippen molar-refractivity contribution in [2.45, 2.75) is 6.42 Å². The van der Waals surface area contributed by atoms with Crippen molar-refractivity contribution in [2.24, 2.45) is 0 Å². The molecule has 0 bridgehead atoms. The standard InChI is InChI=1S/C22H17IN6OS/c23-29-7-4-14(5-8-29)19-10-15(3-6-24-19)21(30)27-20-11-18-9-16(22-28-26-13-31-22)1-2-17(18)12-25-20/h1-4,6,9-13H,5,7-8H2,(H,25,27,30). The summed E-state index contributed by atoms with van der Waals surface area (Å²) in [5, 5.41) is 13.8. The molecule has 7 nitrogen and oxygen atoms in total. The van der Waals surface area contributed by atoms with Gasteiger partial charge in [0.05, 0.1) is 5.69 Å². The lowest BCUT2D eigenvalue weighted by molar-refractivity contribution is 0.102. The van der Waals surface area contributed by atoms with Crippen LogP contribution in [-0.4, -0.2) is 42.3 Å². The minimum atomic E-state index is -0.206. The molecule has 0 saturated heterocycles. The summed E-state index contributed by atoms with van der Waals surface area (Å²) in [6, 6.07) is 11.5. The summed E-state index contributed by atoms with van der Waals surface area (Å²) in [7, 11) is 0. The van der Waals surface area contributed by atoms with Gasteiger partial charge in [0.1, 0.15) is 16.3 Å². The van der Waals surface area contributed by atoms with Gasteiger partial charge in [0.2, 0.25) is 0 Å². The summed E-state index contributed by atoms with van der Waals surface area (Å²) in [6.45, 7) is 1.86. The van der Waals surface area contributed by atoms with E-state index in [9.17, 15) is 4.79 Å². The minimum absolute atomic E-state index is 0.206. The van der Waals surface area contributed by atoms with Crippen LogP contribution in [0.1, 0.15) is 22.5 Å². The minimum Gasteiger partial charge on any atom is -0.307 e. The highest BCUT2D eigenvalue weighted by Crippen LogP contribution is 2.27. The van der Waals surface area contributed by atoms with Crippen LogP contribution in [0.4, 0.5) is 5.82 Å². The van der Waals surface area contributed by atoms with E-state index < -0.39 is 0 Å². The summed E-state index contributed by atoms with van der Waals surface area (Å²) < 4.78 is 2.22. The monoisotopic (exact) mass is 540 g/mol. The van der Waals surface area contributed by atoms with Crippen molar-refractivity contribution >= 4 is 62.3 Å². The highest BCUT2D eigenvalue weighted by molar-refractivity contribution is 14.1. The maximum absolute atomic E-state index is 12.9. The summed E-state index contributed by atoms with van der Waals surface area (Å²) >= 11 is 3.81. The summed E-state index contributed by atoms with van der Waals surface area (Å²) in [6.07, 6.45) is 6.53. The number of rotatable bonds is 4. The molecule has 0 aliphatic carbocycles. The van der Waals surface area contributed by atoms with Gasteiger partial charge in [0.15, 0.2) is 0 Å². The fourth-order valence-electron chi connectivity index (χ4n) is 3.45. The van der Waals surface area contributed by atoms with Gasteiger partial charge in [-0.15, -0.1) is 10.2 Å². The van der Waals surface area contributed by atoms with E-state index in [4.69, 9.17) is 0 Å². The molecule has 5 rings (SSSR count). The molecule has 0 atom stereocenters. The molecule has 0 saturated carbocycles. The van der Waals surface area contributed by atoms with E-state index in [2.05, 4.69) is 57.5 Å². The lowest BCUT2D eigenvalue weighted by atomic mass is 10.0. The van der Waals surface area contributed by atoms with Crippen molar-refractivity contribution in [3.8, 4) is 10.6 Å². The molecule has 1 aliphatic heterocycles. The van der Waals surface area contributed by atoms with Crippen LogP contribution in [0.5, 0.6) is 0 Å². The molecule has 154 valence electrons. The van der Waals surface area contributed by atoms with Crippen molar-refractivity contribution in [3.05, 3.63) is 71.6 Å². The number of pyridine rings is 2. The maximum Gasteiger partial charge on any atom is 0.256 e. The van der Waals surface area contributed by atoms with E-state index >= 15 is 0 Å². The molecule has 1 aliphatic rings. The highest BCUT2D eigenvalue weighted by atomic mass is 127. The first-order valence-corrected chi connectivity index (χ1v) is 11.5. The molecular formula is C22H17IN6OS. The van der Waals surface area contributed by atoms with Crippen LogP contribution >= 0.6 is 34.2 Å². The molecule has 0 fully saturated rings. The lowest BCUT2D eigenvalue weighted by Crippen LogP contribution is -2.18. The van der Waals surface area contributed by atoms with Crippen LogP contribution in [0.2, 0.25) is 0 Å². The Kier molecular flexibility index (Phi) is 5.70. The molecule has 9 heteroatoms. The van der Waals surface area contributed by atoms with E-state index in [1.165, 1.54) is 16.9 Å². The number of halogens is 1. The van der Waals surface area contributed by atoms with Crippen molar-refractivity contribution < 1.29 is 4.79 Å². The Labute approximate surface area is 196 Å². The van der Waals surface area contributed by atoms with Crippen LogP contribution in [-0.2, 0) is 0 Å². The largest absolute Gasteiger partial charge is 0.307 e. The number of benzene rings is 1. The molecule has 4 heterocycles. The molecule has 1 aromatic carbocycles. The topological polar surface area (TPSA) is 83.9 Å². The van der Waals surface area contributed by atoms with Gasteiger partial charge in [0.25, 0.3) is 5.91 Å². The number of carbonyl (C=O) groups is 1. The average molecular weight is 540 g/mol. The van der Waals surface area contributed by atoms with E-state index in [1.54, 1.807) is 24.0 Å². The predicted molar refractivity (Wildman–Crippen MR) is 131 cm³/mol. The van der Waals surface area contributed by atoms with Crippen LogP contribution in [0.3, 0.4) is 0 Å². The third kappa shape index (κ3) is 4.48. The fourth-order valence-corrected chi connectivity index (χ4v) is 4.44. The first-order valence-electron chi connectivity index (χ1n) is 9.69. The average Bonchev–Trinajstić information content (AvgIpc) is 3.34. The van der Waals surface area contributed by atoms with Gasteiger partial charge >= 0.3 is 0 Å². The Hall–Kier alpha value is -2.76. The number of anilines is 1. The Morgan fingerprint density at radius 3 is 2.87 bits per heavy atom. The number of aromatic nitrogens is 4. The molecule has 3 aromatic heterocycles. The summed E-state index contributed by atoms with van der Waals surface area (Å²) in [5.74, 6) is 0.297.